The number of carbonyl (C=O) groups is 1. The van der Waals surface area contributed by atoms with Gasteiger partial charge in [-0.3, -0.25) is 4.79 Å². The van der Waals surface area contributed by atoms with Crippen LogP contribution in [0.4, 0.5) is 0 Å². The van der Waals surface area contributed by atoms with Gasteiger partial charge >= 0.3 is 0 Å². The summed E-state index contributed by atoms with van der Waals surface area (Å²) in [6.45, 7) is 2.58. The number of piperidine rings is 1. The van der Waals surface area contributed by atoms with E-state index in [4.69, 9.17) is 0 Å². The Balaban J connectivity index is 1.77. The molecule has 0 aromatic carbocycles. The zero-order valence-electron chi connectivity index (χ0n) is 11.1. The van der Waals surface area contributed by atoms with Crippen LogP contribution in [0.5, 0.6) is 0 Å². The quantitative estimate of drug-likeness (QED) is 0.738. The third kappa shape index (κ3) is 1.86. The van der Waals surface area contributed by atoms with E-state index >= 15 is 0 Å². The highest BCUT2D eigenvalue weighted by atomic mass is 16.3. The fourth-order valence-electron chi connectivity index (χ4n) is 3.97. The predicted octanol–water partition coefficient (Wildman–Crippen LogP) is 1.24. The van der Waals surface area contributed by atoms with E-state index in [1.54, 1.807) is 4.90 Å². The smallest absolute Gasteiger partial charge is 0.232 e. The maximum absolute atomic E-state index is 12.7. The Bertz CT molecular complexity index is 331. The Morgan fingerprint density at radius 2 is 1.83 bits per heavy atom. The fraction of sp³-hybridized carbons (Fsp3) is 0.929. The van der Waals surface area contributed by atoms with Crippen LogP contribution in [0.15, 0.2) is 0 Å². The van der Waals surface area contributed by atoms with Gasteiger partial charge in [-0.15, -0.1) is 0 Å². The molecule has 2 N–H and O–H groups in total. The van der Waals surface area contributed by atoms with E-state index in [9.17, 15) is 9.90 Å². The molecule has 102 valence electrons. The van der Waals surface area contributed by atoms with Crippen molar-refractivity contribution in [2.75, 3.05) is 19.6 Å². The standard InChI is InChI=1S/C14H24N2O2/c17-12-13(5-4-9-15-11-13)8-10-16(12)14(18)6-2-1-3-7-14/h15,18H,1-11H2. The number of hydrogen-bond donors (Lipinski definition) is 2. The third-order valence-corrected chi connectivity index (χ3v) is 5.14. The Hall–Kier alpha value is -0.610. The van der Waals surface area contributed by atoms with E-state index in [0.29, 0.717) is 0 Å². The molecule has 0 radical (unpaired) electrons. The van der Waals surface area contributed by atoms with Crippen LogP contribution in [0.3, 0.4) is 0 Å². The maximum Gasteiger partial charge on any atom is 0.232 e. The van der Waals surface area contributed by atoms with Crippen LogP contribution in [-0.4, -0.2) is 41.3 Å². The maximum atomic E-state index is 12.7. The van der Waals surface area contributed by atoms with Crippen molar-refractivity contribution in [3.05, 3.63) is 0 Å². The molecule has 0 aromatic heterocycles. The molecule has 2 heterocycles. The Labute approximate surface area is 109 Å². The Kier molecular flexibility index (Phi) is 3.10. The lowest BCUT2D eigenvalue weighted by Crippen LogP contribution is -2.54. The lowest BCUT2D eigenvalue weighted by atomic mass is 9.79. The first-order valence-electron chi connectivity index (χ1n) is 7.42. The minimum absolute atomic E-state index is 0.203. The van der Waals surface area contributed by atoms with Crippen molar-refractivity contribution in [3.8, 4) is 0 Å². The van der Waals surface area contributed by atoms with Crippen LogP contribution >= 0.6 is 0 Å². The molecular formula is C14H24N2O2. The van der Waals surface area contributed by atoms with Crippen molar-refractivity contribution in [2.24, 2.45) is 5.41 Å². The number of rotatable bonds is 1. The lowest BCUT2D eigenvalue weighted by molar-refractivity contribution is -0.166. The van der Waals surface area contributed by atoms with Crippen molar-refractivity contribution < 1.29 is 9.90 Å². The van der Waals surface area contributed by atoms with Gasteiger partial charge in [0.1, 0.15) is 5.72 Å². The molecule has 1 atom stereocenters. The van der Waals surface area contributed by atoms with E-state index in [-0.39, 0.29) is 11.3 Å². The van der Waals surface area contributed by atoms with Crippen molar-refractivity contribution in [3.63, 3.8) is 0 Å². The van der Waals surface area contributed by atoms with E-state index in [0.717, 1.165) is 64.6 Å². The second-order valence-electron chi connectivity index (χ2n) is 6.31. The molecule has 1 spiro atoms. The van der Waals surface area contributed by atoms with Crippen LogP contribution < -0.4 is 5.32 Å². The Morgan fingerprint density at radius 3 is 2.50 bits per heavy atom. The van der Waals surface area contributed by atoms with Crippen molar-refractivity contribution in [1.29, 1.82) is 0 Å². The molecule has 3 aliphatic rings. The highest BCUT2D eigenvalue weighted by Gasteiger charge is 2.52. The lowest BCUT2D eigenvalue weighted by Gasteiger charge is -2.41. The molecule has 18 heavy (non-hydrogen) atoms. The largest absolute Gasteiger partial charge is 0.371 e. The minimum atomic E-state index is -0.837. The minimum Gasteiger partial charge on any atom is -0.371 e. The number of carbonyl (C=O) groups excluding carboxylic acids is 1. The first-order valence-corrected chi connectivity index (χ1v) is 7.42. The summed E-state index contributed by atoms with van der Waals surface area (Å²) in [7, 11) is 0. The summed E-state index contributed by atoms with van der Waals surface area (Å²) in [5.41, 5.74) is -1.04. The van der Waals surface area contributed by atoms with E-state index in [2.05, 4.69) is 5.32 Å². The zero-order chi connectivity index (χ0) is 12.6. The zero-order valence-corrected chi connectivity index (χ0v) is 11.1. The van der Waals surface area contributed by atoms with Crippen LogP contribution in [0.2, 0.25) is 0 Å². The van der Waals surface area contributed by atoms with Crippen LogP contribution in [0.25, 0.3) is 0 Å². The molecule has 1 aliphatic carbocycles. The summed E-state index contributed by atoms with van der Waals surface area (Å²) in [6, 6.07) is 0. The number of nitrogens with one attached hydrogen (secondary N) is 1. The average Bonchev–Trinajstić information content (AvgIpc) is 2.70. The molecule has 4 heteroatoms. The second-order valence-corrected chi connectivity index (χ2v) is 6.31. The molecule has 3 rings (SSSR count). The molecular weight excluding hydrogens is 228 g/mol. The molecule has 3 fully saturated rings. The van der Waals surface area contributed by atoms with Crippen molar-refractivity contribution in [1.82, 2.24) is 10.2 Å². The molecule has 2 aliphatic heterocycles. The predicted molar refractivity (Wildman–Crippen MR) is 68.9 cm³/mol. The second kappa shape index (κ2) is 4.49. The number of nitrogens with zero attached hydrogens (tertiary/aromatic N) is 1. The normalized spacial score (nSPS) is 36.3. The molecule has 0 bridgehead atoms. The fourth-order valence-corrected chi connectivity index (χ4v) is 3.97. The molecule has 0 aromatic rings. The first-order chi connectivity index (χ1) is 8.66. The number of aliphatic hydroxyl groups is 1. The van der Waals surface area contributed by atoms with Crippen LogP contribution in [0, 0.1) is 5.41 Å². The summed E-state index contributed by atoms with van der Waals surface area (Å²) in [4.78, 5) is 14.5. The topological polar surface area (TPSA) is 52.6 Å². The summed E-state index contributed by atoms with van der Waals surface area (Å²) < 4.78 is 0. The van der Waals surface area contributed by atoms with Gasteiger partial charge in [-0.05, 0) is 51.5 Å². The van der Waals surface area contributed by atoms with Gasteiger partial charge in [0.05, 0.1) is 5.41 Å². The summed E-state index contributed by atoms with van der Waals surface area (Å²) in [6.07, 6.45) is 7.81. The van der Waals surface area contributed by atoms with Gasteiger partial charge < -0.3 is 15.3 Å². The van der Waals surface area contributed by atoms with Crippen LogP contribution in [0.1, 0.15) is 51.4 Å². The van der Waals surface area contributed by atoms with Gasteiger partial charge in [0.25, 0.3) is 0 Å². The molecule has 1 unspecified atom stereocenters. The van der Waals surface area contributed by atoms with Gasteiger partial charge in [-0.2, -0.15) is 0 Å². The number of hydrogen-bond acceptors (Lipinski definition) is 3. The number of likely N-dealkylation sites (tertiary alicyclic amines) is 1. The third-order valence-electron chi connectivity index (χ3n) is 5.14. The highest BCUT2D eigenvalue weighted by Crippen LogP contribution is 2.43. The number of amides is 1. The monoisotopic (exact) mass is 252 g/mol. The summed E-state index contributed by atoms with van der Waals surface area (Å²) in [5, 5.41) is 14.1. The van der Waals surface area contributed by atoms with Crippen molar-refractivity contribution >= 4 is 5.91 Å². The molecule has 2 saturated heterocycles. The van der Waals surface area contributed by atoms with Gasteiger partial charge in [0, 0.05) is 13.1 Å². The van der Waals surface area contributed by atoms with Gasteiger partial charge in [-0.1, -0.05) is 6.42 Å². The van der Waals surface area contributed by atoms with E-state index in [1.165, 1.54) is 6.42 Å². The molecule has 1 saturated carbocycles. The van der Waals surface area contributed by atoms with Crippen LogP contribution in [-0.2, 0) is 4.79 Å². The van der Waals surface area contributed by atoms with E-state index < -0.39 is 5.72 Å². The highest BCUT2D eigenvalue weighted by molar-refractivity contribution is 5.85. The molecule has 1 amide bonds. The molecule has 4 nitrogen and oxygen atoms in total. The van der Waals surface area contributed by atoms with Gasteiger partial charge in [0.2, 0.25) is 5.91 Å². The first kappa shape index (κ1) is 12.4. The Morgan fingerprint density at radius 1 is 1.06 bits per heavy atom. The summed E-state index contributed by atoms with van der Waals surface area (Å²) in [5.74, 6) is 0.208. The average molecular weight is 252 g/mol. The van der Waals surface area contributed by atoms with Gasteiger partial charge in [-0.25, -0.2) is 0 Å². The van der Waals surface area contributed by atoms with Crippen molar-refractivity contribution in [2.45, 2.75) is 57.1 Å². The summed E-state index contributed by atoms with van der Waals surface area (Å²) >= 11 is 0. The van der Waals surface area contributed by atoms with E-state index in [1.807, 2.05) is 0 Å². The van der Waals surface area contributed by atoms with Gasteiger partial charge in [0.15, 0.2) is 0 Å². The SMILES string of the molecule is O=C1N(C2(O)CCCCC2)CCC12CCCNC2.